The fraction of sp³-hybridized carbons (Fsp3) is 0.520. The summed E-state index contributed by atoms with van der Waals surface area (Å²) in [5, 5.41) is 19.3. The van der Waals surface area contributed by atoms with Crippen LogP contribution in [-0.4, -0.2) is 28.0 Å². The summed E-state index contributed by atoms with van der Waals surface area (Å²) in [4.78, 5) is 17.5. The lowest BCUT2D eigenvalue weighted by atomic mass is 9.47. The minimum absolute atomic E-state index is 0.132. The van der Waals surface area contributed by atoms with Crippen molar-refractivity contribution in [2.75, 3.05) is 0 Å². The number of rotatable bonds is 5. The van der Waals surface area contributed by atoms with E-state index in [0.717, 1.165) is 48.8 Å². The highest BCUT2D eigenvalue weighted by Crippen LogP contribution is 2.60. The van der Waals surface area contributed by atoms with Gasteiger partial charge in [0, 0.05) is 22.6 Å². The third-order valence-corrected chi connectivity index (χ3v) is 8.23. The van der Waals surface area contributed by atoms with Crippen LogP contribution in [0, 0.1) is 34.6 Å². The lowest BCUT2D eigenvalue weighted by Gasteiger charge is -2.58. The standard InChI is InChI=1S/C25H30N6O/c1-24(2,20-5-3-16(4-6-20)19-12-29-30-13-19)23(28-14-26)31-21-17-7-15-8-18(21)11-25(9-15,10-17)22(27)32/h3-6,12-13,15,17-18,21H,7-11H2,1-2H3,(H2,27,32)(H,28,31)(H,29,30). The number of nitriles is 1. The Labute approximate surface area is 188 Å². The van der Waals surface area contributed by atoms with E-state index in [1.807, 2.05) is 6.20 Å². The van der Waals surface area contributed by atoms with E-state index < -0.39 is 5.41 Å². The number of benzene rings is 1. The maximum absolute atomic E-state index is 12.3. The van der Waals surface area contributed by atoms with Crippen molar-refractivity contribution in [2.45, 2.75) is 57.4 Å². The molecule has 0 spiro atoms. The molecule has 4 bridgehead atoms. The molecular formula is C25H30N6O. The fourth-order valence-electron chi connectivity index (χ4n) is 6.69. The molecule has 0 saturated heterocycles. The monoisotopic (exact) mass is 430 g/mol. The van der Waals surface area contributed by atoms with Crippen LogP contribution in [0.5, 0.6) is 0 Å². The smallest absolute Gasteiger partial charge is 0.223 e. The molecule has 4 N–H and O–H groups in total. The summed E-state index contributed by atoms with van der Waals surface area (Å²) >= 11 is 0. The molecule has 0 radical (unpaired) electrons. The Bertz CT molecular complexity index is 1060. The molecule has 0 aliphatic heterocycles. The van der Waals surface area contributed by atoms with Crippen LogP contribution in [-0.2, 0) is 10.2 Å². The zero-order valence-electron chi connectivity index (χ0n) is 18.6. The van der Waals surface area contributed by atoms with E-state index in [1.165, 1.54) is 0 Å². The Morgan fingerprint density at radius 2 is 1.91 bits per heavy atom. The number of aromatic amines is 1. The zero-order valence-corrected chi connectivity index (χ0v) is 18.6. The van der Waals surface area contributed by atoms with Gasteiger partial charge >= 0.3 is 0 Å². The molecule has 6 rings (SSSR count). The first-order chi connectivity index (χ1) is 15.3. The minimum atomic E-state index is -0.458. The van der Waals surface area contributed by atoms with E-state index >= 15 is 0 Å². The number of aliphatic imine (C=N–C) groups is 1. The van der Waals surface area contributed by atoms with Crippen molar-refractivity contribution in [1.82, 2.24) is 15.5 Å². The molecule has 4 saturated carbocycles. The summed E-state index contributed by atoms with van der Waals surface area (Å²) in [5.41, 5.74) is 8.27. The van der Waals surface area contributed by atoms with Crippen molar-refractivity contribution in [3.8, 4) is 17.3 Å². The number of hydrogen-bond donors (Lipinski definition) is 3. The number of carbonyl (C=O) groups excluding carboxylic acids is 1. The molecule has 2 aromatic rings. The van der Waals surface area contributed by atoms with E-state index in [1.54, 1.807) is 6.20 Å². The van der Waals surface area contributed by atoms with Gasteiger partial charge in [-0.2, -0.15) is 10.4 Å². The summed E-state index contributed by atoms with van der Waals surface area (Å²) in [6, 6.07) is 8.47. The van der Waals surface area contributed by atoms with Gasteiger partial charge in [0.2, 0.25) is 5.91 Å². The van der Waals surface area contributed by atoms with Gasteiger partial charge < -0.3 is 5.73 Å². The van der Waals surface area contributed by atoms with Crippen LogP contribution in [0.25, 0.3) is 11.1 Å². The molecule has 32 heavy (non-hydrogen) atoms. The molecule has 7 heteroatoms. The van der Waals surface area contributed by atoms with E-state index in [-0.39, 0.29) is 17.4 Å². The highest BCUT2D eigenvalue weighted by atomic mass is 16.1. The molecule has 4 aliphatic carbocycles. The molecule has 166 valence electrons. The van der Waals surface area contributed by atoms with Gasteiger partial charge in [-0.3, -0.25) is 20.2 Å². The van der Waals surface area contributed by atoms with Gasteiger partial charge in [-0.05, 0) is 74.8 Å². The highest BCUT2D eigenvalue weighted by molar-refractivity contribution is 5.93. The van der Waals surface area contributed by atoms with Gasteiger partial charge in [-0.1, -0.05) is 24.3 Å². The second-order valence-corrected chi connectivity index (χ2v) is 10.5. The van der Waals surface area contributed by atoms with Crippen LogP contribution >= 0.6 is 0 Å². The van der Waals surface area contributed by atoms with Crippen LogP contribution in [0.4, 0.5) is 0 Å². The van der Waals surface area contributed by atoms with Gasteiger partial charge in [-0.15, -0.1) is 0 Å². The number of primary amides is 1. The topological polar surface area (TPSA) is 120 Å². The Morgan fingerprint density at radius 3 is 2.47 bits per heavy atom. The largest absolute Gasteiger partial charge is 0.369 e. The van der Waals surface area contributed by atoms with Gasteiger partial charge in [0.05, 0.1) is 12.2 Å². The molecule has 1 aromatic carbocycles. The summed E-state index contributed by atoms with van der Waals surface area (Å²) in [5.74, 6) is 1.88. The molecule has 4 fully saturated rings. The number of nitrogens with two attached hydrogens (primary N) is 1. The van der Waals surface area contributed by atoms with Crippen molar-refractivity contribution in [2.24, 2.45) is 33.9 Å². The number of H-pyrrole nitrogens is 1. The average molecular weight is 431 g/mol. The molecule has 1 heterocycles. The quantitative estimate of drug-likeness (QED) is 0.291. The number of carbonyl (C=O) groups is 1. The van der Waals surface area contributed by atoms with E-state index in [2.05, 4.69) is 59.8 Å². The third-order valence-electron chi connectivity index (χ3n) is 8.23. The number of amidine groups is 1. The van der Waals surface area contributed by atoms with Crippen LogP contribution < -0.4 is 11.1 Å². The van der Waals surface area contributed by atoms with Crippen molar-refractivity contribution >= 4 is 11.7 Å². The number of aromatic nitrogens is 2. The molecule has 1 aromatic heterocycles. The predicted molar refractivity (Wildman–Crippen MR) is 122 cm³/mol. The Balaban J connectivity index is 1.44. The predicted octanol–water partition coefficient (Wildman–Crippen LogP) is 3.50. The highest BCUT2D eigenvalue weighted by Gasteiger charge is 2.58. The number of nitrogens with zero attached hydrogens (tertiary/aromatic N) is 3. The van der Waals surface area contributed by atoms with Gasteiger partial charge in [0.15, 0.2) is 6.19 Å². The van der Waals surface area contributed by atoms with Gasteiger partial charge in [0.1, 0.15) is 5.84 Å². The summed E-state index contributed by atoms with van der Waals surface area (Å²) in [7, 11) is 0. The molecular weight excluding hydrogens is 400 g/mol. The first-order valence-electron chi connectivity index (χ1n) is 11.5. The van der Waals surface area contributed by atoms with E-state index in [0.29, 0.717) is 23.6 Å². The molecule has 1 amide bonds. The number of nitrogens with one attached hydrogen (secondary N) is 2. The Hall–Kier alpha value is -3.14. The summed E-state index contributed by atoms with van der Waals surface area (Å²) in [6.45, 7) is 4.20. The zero-order chi connectivity index (χ0) is 22.5. The van der Waals surface area contributed by atoms with Crippen LogP contribution in [0.2, 0.25) is 0 Å². The third kappa shape index (κ3) is 3.29. The normalized spacial score (nSPS) is 31.3. The van der Waals surface area contributed by atoms with E-state index in [9.17, 15) is 10.1 Å². The van der Waals surface area contributed by atoms with Crippen molar-refractivity contribution in [3.63, 3.8) is 0 Å². The van der Waals surface area contributed by atoms with Crippen LogP contribution in [0.1, 0.15) is 51.5 Å². The average Bonchev–Trinajstić information content (AvgIpc) is 3.30. The second kappa shape index (κ2) is 7.47. The van der Waals surface area contributed by atoms with Crippen LogP contribution in [0.3, 0.4) is 0 Å². The molecule has 2 unspecified atom stereocenters. The molecule has 4 aliphatic rings. The maximum Gasteiger partial charge on any atom is 0.223 e. The molecule has 7 nitrogen and oxygen atoms in total. The van der Waals surface area contributed by atoms with Crippen LogP contribution in [0.15, 0.2) is 41.7 Å². The van der Waals surface area contributed by atoms with Gasteiger partial charge in [0.25, 0.3) is 0 Å². The summed E-state index contributed by atoms with van der Waals surface area (Å²) < 4.78 is 0. The lowest BCUT2D eigenvalue weighted by Crippen LogP contribution is -2.57. The second-order valence-electron chi connectivity index (χ2n) is 10.5. The number of amides is 1. The fourth-order valence-corrected chi connectivity index (χ4v) is 6.69. The van der Waals surface area contributed by atoms with Gasteiger partial charge in [-0.25, -0.2) is 0 Å². The first-order valence-corrected chi connectivity index (χ1v) is 11.5. The van der Waals surface area contributed by atoms with E-state index in [4.69, 9.17) is 10.7 Å². The Kier molecular flexibility index (Phi) is 4.85. The van der Waals surface area contributed by atoms with Crippen molar-refractivity contribution < 1.29 is 4.79 Å². The maximum atomic E-state index is 12.3. The Morgan fingerprint density at radius 1 is 1.22 bits per heavy atom. The van der Waals surface area contributed by atoms with Crippen molar-refractivity contribution in [1.29, 1.82) is 5.26 Å². The summed E-state index contributed by atoms with van der Waals surface area (Å²) in [6.07, 6.45) is 10.6. The molecule has 2 atom stereocenters. The van der Waals surface area contributed by atoms with Crippen molar-refractivity contribution in [3.05, 3.63) is 42.2 Å². The SMILES string of the molecule is CC(C)(C(=NC1C2CC3CC1CC(C(N)=O)(C3)C2)NC#N)c1ccc(-c2cn[nH]c2)cc1. The number of hydrogen-bond acceptors (Lipinski definition) is 4. The lowest BCUT2D eigenvalue weighted by molar-refractivity contribution is -0.144. The first kappa shape index (κ1) is 20.7. The minimum Gasteiger partial charge on any atom is -0.369 e.